The van der Waals surface area contributed by atoms with Crippen molar-refractivity contribution in [1.29, 1.82) is 0 Å². The standard InChI is InChI=1S/C17H23F2N3O4/c1-3-20-15(23)9-26-13-5-4-11(6-14(13)25-2)8-21-16(24)12-7-17(18,19)10-22-12/h4-6,12,22H,3,7-10H2,1-2H3,(H,20,23)(H,21,24). The molecule has 0 aromatic heterocycles. The van der Waals surface area contributed by atoms with Crippen molar-refractivity contribution in [1.82, 2.24) is 16.0 Å². The molecule has 1 fully saturated rings. The van der Waals surface area contributed by atoms with E-state index in [0.29, 0.717) is 23.6 Å². The van der Waals surface area contributed by atoms with E-state index in [9.17, 15) is 18.4 Å². The van der Waals surface area contributed by atoms with E-state index in [1.165, 1.54) is 7.11 Å². The van der Waals surface area contributed by atoms with Crippen LogP contribution in [0, 0.1) is 0 Å². The molecule has 1 aliphatic heterocycles. The number of rotatable bonds is 8. The largest absolute Gasteiger partial charge is 0.493 e. The molecule has 2 amide bonds. The van der Waals surface area contributed by atoms with Crippen molar-refractivity contribution in [3.8, 4) is 11.5 Å². The molecular formula is C17H23F2N3O4. The molecule has 1 aromatic carbocycles. The molecule has 1 unspecified atom stereocenters. The second-order valence-electron chi connectivity index (χ2n) is 5.94. The van der Waals surface area contributed by atoms with Crippen LogP contribution < -0.4 is 25.4 Å². The molecule has 1 heterocycles. The fraction of sp³-hybridized carbons (Fsp3) is 0.529. The third kappa shape index (κ3) is 5.55. The van der Waals surface area contributed by atoms with Crippen molar-refractivity contribution < 1.29 is 27.8 Å². The molecule has 0 aliphatic carbocycles. The van der Waals surface area contributed by atoms with Crippen molar-refractivity contribution in [2.24, 2.45) is 0 Å². The zero-order chi connectivity index (χ0) is 19.2. The molecule has 1 aliphatic rings. The predicted molar refractivity (Wildman–Crippen MR) is 90.4 cm³/mol. The van der Waals surface area contributed by atoms with Gasteiger partial charge < -0.3 is 20.1 Å². The molecule has 0 bridgehead atoms. The van der Waals surface area contributed by atoms with Crippen LogP contribution in [0.4, 0.5) is 8.78 Å². The maximum absolute atomic E-state index is 13.1. The minimum absolute atomic E-state index is 0.137. The maximum atomic E-state index is 13.1. The molecule has 0 saturated carbocycles. The number of benzene rings is 1. The summed E-state index contributed by atoms with van der Waals surface area (Å²) in [6.07, 6.45) is -0.505. The first-order valence-corrected chi connectivity index (χ1v) is 8.30. The monoisotopic (exact) mass is 371 g/mol. The SMILES string of the molecule is CCNC(=O)COc1ccc(CNC(=O)C2CC(F)(F)CN2)cc1OC. The van der Waals surface area contributed by atoms with Gasteiger partial charge in [-0.25, -0.2) is 8.78 Å². The van der Waals surface area contributed by atoms with E-state index >= 15 is 0 Å². The van der Waals surface area contributed by atoms with Gasteiger partial charge >= 0.3 is 0 Å². The molecule has 26 heavy (non-hydrogen) atoms. The van der Waals surface area contributed by atoms with Crippen LogP contribution in [0.15, 0.2) is 18.2 Å². The lowest BCUT2D eigenvalue weighted by Gasteiger charge is -2.14. The summed E-state index contributed by atoms with van der Waals surface area (Å²) in [6.45, 7) is 1.86. The first-order chi connectivity index (χ1) is 12.3. The quantitative estimate of drug-likeness (QED) is 0.630. The molecule has 7 nitrogen and oxygen atoms in total. The van der Waals surface area contributed by atoms with Crippen molar-refractivity contribution >= 4 is 11.8 Å². The Bertz CT molecular complexity index is 655. The van der Waals surface area contributed by atoms with E-state index in [0.717, 1.165) is 0 Å². The lowest BCUT2D eigenvalue weighted by Crippen LogP contribution is -2.40. The van der Waals surface area contributed by atoms with Gasteiger partial charge in [-0.2, -0.15) is 0 Å². The van der Waals surface area contributed by atoms with Gasteiger partial charge in [-0.3, -0.25) is 14.9 Å². The summed E-state index contributed by atoms with van der Waals surface area (Å²) in [5.74, 6) is -2.77. The highest BCUT2D eigenvalue weighted by atomic mass is 19.3. The van der Waals surface area contributed by atoms with Crippen LogP contribution >= 0.6 is 0 Å². The number of hydrogen-bond donors (Lipinski definition) is 3. The second-order valence-corrected chi connectivity index (χ2v) is 5.94. The fourth-order valence-electron chi connectivity index (χ4n) is 2.55. The smallest absolute Gasteiger partial charge is 0.262 e. The van der Waals surface area contributed by atoms with Crippen LogP contribution in [0.2, 0.25) is 0 Å². The Balaban J connectivity index is 1.90. The topological polar surface area (TPSA) is 88.7 Å². The third-order valence-electron chi connectivity index (χ3n) is 3.85. The van der Waals surface area contributed by atoms with Gasteiger partial charge in [0.25, 0.3) is 11.8 Å². The van der Waals surface area contributed by atoms with E-state index in [2.05, 4.69) is 16.0 Å². The molecule has 3 N–H and O–H groups in total. The molecule has 1 atom stereocenters. The number of ether oxygens (including phenoxy) is 2. The van der Waals surface area contributed by atoms with Gasteiger partial charge in [0.2, 0.25) is 5.91 Å². The Morgan fingerprint density at radius 2 is 2.08 bits per heavy atom. The van der Waals surface area contributed by atoms with E-state index < -0.39 is 30.8 Å². The Morgan fingerprint density at radius 3 is 2.69 bits per heavy atom. The number of alkyl halides is 2. The average Bonchev–Trinajstić information content (AvgIpc) is 2.98. The van der Waals surface area contributed by atoms with Gasteiger partial charge in [0.15, 0.2) is 18.1 Å². The van der Waals surface area contributed by atoms with Gasteiger partial charge in [-0.15, -0.1) is 0 Å². The summed E-state index contributed by atoms with van der Waals surface area (Å²) in [4.78, 5) is 23.4. The molecule has 9 heteroatoms. The molecule has 1 saturated heterocycles. The minimum atomic E-state index is -2.85. The number of likely N-dealkylation sites (N-methyl/N-ethyl adjacent to an activating group) is 1. The number of methoxy groups -OCH3 is 1. The number of carbonyl (C=O) groups excluding carboxylic acids is 2. The van der Waals surface area contributed by atoms with Crippen LogP contribution in [0.3, 0.4) is 0 Å². The zero-order valence-electron chi connectivity index (χ0n) is 14.7. The van der Waals surface area contributed by atoms with Crippen LogP contribution in [0.25, 0.3) is 0 Å². The van der Waals surface area contributed by atoms with E-state index in [1.54, 1.807) is 18.2 Å². The maximum Gasteiger partial charge on any atom is 0.262 e. The van der Waals surface area contributed by atoms with Gasteiger partial charge in [0, 0.05) is 19.5 Å². The van der Waals surface area contributed by atoms with Crippen molar-refractivity contribution in [2.75, 3.05) is 26.8 Å². The summed E-state index contributed by atoms with van der Waals surface area (Å²) in [5.41, 5.74) is 0.713. The Kier molecular flexibility index (Phi) is 6.73. The van der Waals surface area contributed by atoms with E-state index in [1.807, 2.05) is 6.92 Å². The molecule has 1 aromatic rings. The fourth-order valence-corrected chi connectivity index (χ4v) is 2.55. The lowest BCUT2D eigenvalue weighted by atomic mass is 10.1. The first kappa shape index (κ1) is 19.9. The average molecular weight is 371 g/mol. The summed E-state index contributed by atoms with van der Waals surface area (Å²) in [6, 6.07) is 4.09. The first-order valence-electron chi connectivity index (χ1n) is 8.30. The van der Waals surface area contributed by atoms with Crippen molar-refractivity contribution in [3.63, 3.8) is 0 Å². The Labute approximate surface area is 150 Å². The number of carbonyl (C=O) groups is 2. The van der Waals surface area contributed by atoms with Gasteiger partial charge in [0.05, 0.1) is 19.7 Å². The number of halogens is 2. The molecule has 0 radical (unpaired) electrons. The zero-order valence-corrected chi connectivity index (χ0v) is 14.7. The molecule has 2 rings (SSSR count). The van der Waals surface area contributed by atoms with Crippen LogP contribution in [-0.4, -0.2) is 50.6 Å². The summed E-state index contributed by atoms with van der Waals surface area (Å²) >= 11 is 0. The third-order valence-corrected chi connectivity index (χ3v) is 3.85. The lowest BCUT2D eigenvalue weighted by molar-refractivity contribution is -0.124. The Morgan fingerprint density at radius 1 is 1.31 bits per heavy atom. The predicted octanol–water partition coefficient (Wildman–Crippen LogP) is 0.824. The highest BCUT2D eigenvalue weighted by Gasteiger charge is 2.42. The number of amides is 2. The Hall–Kier alpha value is -2.42. The number of hydrogen-bond acceptors (Lipinski definition) is 5. The van der Waals surface area contributed by atoms with E-state index in [4.69, 9.17) is 9.47 Å². The molecule has 144 valence electrons. The number of nitrogens with one attached hydrogen (secondary N) is 3. The summed E-state index contributed by atoms with van der Waals surface area (Å²) in [7, 11) is 1.46. The van der Waals surface area contributed by atoms with Gasteiger partial charge in [-0.05, 0) is 24.6 Å². The highest BCUT2D eigenvalue weighted by molar-refractivity contribution is 5.82. The summed E-state index contributed by atoms with van der Waals surface area (Å²) < 4.78 is 36.9. The second kappa shape index (κ2) is 8.79. The van der Waals surface area contributed by atoms with Crippen LogP contribution in [0.5, 0.6) is 11.5 Å². The molecular weight excluding hydrogens is 348 g/mol. The highest BCUT2D eigenvalue weighted by Crippen LogP contribution is 2.28. The van der Waals surface area contributed by atoms with E-state index in [-0.39, 0.29) is 19.1 Å². The summed E-state index contributed by atoms with van der Waals surface area (Å²) in [5, 5.41) is 7.75. The van der Waals surface area contributed by atoms with Crippen molar-refractivity contribution in [3.05, 3.63) is 23.8 Å². The van der Waals surface area contributed by atoms with Crippen molar-refractivity contribution in [2.45, 2.75) is 31.9 Å². The minimum Gasteiger partial charge on any atom is -0.493 e. The normalized spacial score (nSPS) is 18.2. The van der Waals surface area contributed by atoms with Gasteiger partial charge in [0.1, 0.15) is 0 Å². The van der Waals surface area contributed by atoms with Crippen LogP contribution in [-0.2, 0) is 16.1 Å². The van der Waals surface area contributed by atoms with Crippen LogP contribution in [0.1, 0.15) is 18.9 Å². The van der Waals surface area contributed by atoms with Gasteiger partial charge in [-0.1, -0.05) is 6.07 Å². The molecule has 0 spiro atoms.